The first-order valence-electron chi connectivity index (χ1n) is 8.82. The smallest absolute Gasteiger partial charge is 0.422 e. The van der Waals surface area contributed by atoms with Gasteiger partial charge in [-0.15, -0.1) is 11.3 Å². The second kappa shape index (κ2) is 6.09. The number of alkyl halides is 3. The van der Waals surface area contributed by atoms with Crippen molar-refractivity contribution in [2.45, 2.75) is 56.8 Å². The number of carbonyl (C=O) groups is 1. The summed E-state index contributed by atoms with van der Waals surface area (Å²) in [5.74, 6) is 0.275. The van der Waals surface area contributed by atoms with Crippen molar-refractivity contribution in [3.63, 3.8) is 0 Å². The Morgan fingerprint density at radius 2 is 2.00 bits per heavy atom. The highest BCUT2D eigenvalue weighted by Crippen LogP contribution is 2.55. The lowest BCUT2D eigenvalue weighted by Crippen LogP contribution is -2.61. The first-order chi connectivity index (χ1) is 12.1. The Bertz CT molecular complexity index is 705. The predicted octanol–water partition coefficient (Wildman–Crippen LogP) is 3.06. The number of carbonyl (C=O) groups excluding carboxylic acids is 1. The Balaban J connectivity index is 1.47. The molecule has 4 saturated carbocycles. The van der Waals surface area contributed by atoms with E-state index < -0.39 is 24.3 Å². The minimum absolute atomic E-state index is 0.0443. The highest BCUT2D eigenvalue weighted by molar-refractivity contribution is 7.13. The zero-order chi connectivity index (χ0) is 18.7. The van der Waals surface area contributed by atoms with Crippen LogP contribution in [0.1, 0.15) is 46.8 Å². The molecule has 4 aliphatic carbocycles. The van der Waals surface area contributed by atoms with E-state index in [1.165, 1.54) is 0 Å². The molecule has 0 radical (unpaired) electrons. The number of hydrogen-bond donors (Lipinski definition) is 2. The van der Waals surface area contributed by atoms with E-state index in [4.69, 9.17) is 4.74 Å². The van der Waals surface area contributed by atoms with Crippen molar-refractivity contribution in [2.75, 3.05) is 6.61 Å². The molecule has 26 heavy (non-hydrogen) atoms. The van der Waals surface area contributed by atoms with Crippen LogP contribution in [0.2, 0.25) is 0 Å². The van der Waals surface area contributed by atoms with Gasteiger partial charge in [0, 0.05) is 6.04 Å². The molecular formula is C17H21F3N2O3S. The zero-order valence-electron chi connectivity index (χ0n) is 14.3. The molecule has 0 spiro atoms. The lowest BCUT2D eigenvalue weighted by molar-refractivity contribution is -0.154. The maximum absolute atomic E-state index is 12.7. The number of aryl methyl sites for hydroxylation is 1. The minimum atomic E-state index is -4.48. The SMILES string of the molecule is Cc1nc(OCC(F)(F)F)c(C(=O)NC2C3CC4CC2CC(O)(C4)C3)s1. The Morgan fingerprint density at radius 1 is 1.35 bits per heavy atom. The van der Waals surface area contributed by atoms with E-state index in [0.717, 1.165) is 30.6 Å². The van der Waals surface area contributed by atoms with Gasteiger partial charge in [-0.25, -0.2) is 4.98 Å². The number of halogens is 3. The van der Waals surface area contributed by atoms with Crippen molar-refractivity contribution in [3.8, 4) is 5.88 Å². The Morgan fingerprint density at radius 3 is 2.58 bits per heavy atom. The molecule has 9 heteroatoms. The lowest BCUT2D eigenvalue weighted by Gasteiger charge is -2.58. The minimum Gasteiger partial charge on any atom is -0.467 e. The number of thiazole rings is 1. The van der Waals surface area contributed by atoms with Gasteiger partial charge in [0.15, 0.2) is 11.5 Å². The summed E-state index contributed by atoms with van der Waals surface area (Å²) in [4.78, 5) is 16.7. The van der Waals surface area contributed by atoms with Gasteiger partial charge in [-0.3, -0.25) is 4.79 Å². The van der Waals surface area contributed by atoms with Gasteiger partial charge in [-0.2, -0.15) is 13.2 Å². The van der Waals surface area contributed by atoms with Crippen molar-refractivity contribution in [1.82, 2.24) is 10.3 Å². The van der Waals surface area contributed by atoms with Gasteiger partial charge in [0.1, 0.15) is 0 Å². The summed E-state index contributed by atoms with van der Waals surface area (Å²) in [5, 5.41) is 14.1. The third kappa shape index (κ3) is 3.43. The number of hydrogen-bond acceptors (Lipinski definition) is 5. The summed E-state index contributed by atoms with van der Waals surface area (Å²) < 4.78 is 42.0. The fourth-order valence-corrected chi connectivity index (χ4v) is 6.00. The van der Waals surface area contributed by atoms with Crippen molar-refractivity contribution in [3.05, 3.63) is 9.88 Å². The zero-order valence-corrected chi connectivity index (χ0v) is 15.1. The van der Waals surface area contributed by atoms with E-state index in [9.17, 15) is 23.1 Å². The lowest BCUT2D eigenvalue weighted by atomic mass is 9.52. The van der Waals surface area contributed by atoms with Crippen molar-refractivity contribution in [1.29, 1.82) is 0 Å². The largest absolute Gasteiger partial charge is 0.467 e. The van der Waals surface area contributed by atoms with Crippen LogP contribution in [0.3, 0.4) is 0 Å². The van der Waals surface area contributed by atoms with Gasteiger partial charge in [-0.05, 0) is 56.8 Å². The monoisotopic (exact) mass is 390 g/mol. The highest BCUT2D eigenvalue weighted by atomic mass is 32.1. The van der Waals surface area contributed by atoms with E-state index in [0.29, 0.717) is 23.8 Å². The van der Waals surface area contributed by atoms with Crippen molar-refractivity contribution in [2.24, 2.45) is 17.8 Å². The summed E-state index contributed by atoms with van der Waals surface area (Å²) in [5.41, 5.74) is -0.597. The first-order valence-corrected chi connectivity index (χ1v) is 9.64. The van der Waals surface area contributed by atoms with E-state index in [-0.39, 0.29) is 28.6 Å². The number of nitrogens with one attached hydrogen (secondary N) is 1. The molecule has 1 aromatic heterocycles. The Labute approximate surface area is 152 Å². The van der Waals surface area contributed by atoms with Crippen LogP contribution in [0.15, 0.2) is 0 Å². The normalized spacial score (nSPS) is 35.6. The van der Waals surface area contributed by atoms with E-state index >= 15 is 0 Å². The molecule has 0 aliphatic heterocycles. The summed E-state index contributed by atoms with van der Waals surface area (Å²) in [7, 11) is 0. The van der Waals surface area contributed by atoms with Crippen LogP contribution in [0.4, 0.5) is 13.2 Å². The van der Waals surface area contributed by atoms with Crippen LogP contribution in [0.25, 0.3) is 0 Å². The first kappa shape index (κ1) is 18.0. The molecule has 2 atom stereocenters. The molecule has 2 N–H and O–H groups in total. The van der Waals surface area contributed by atoms with Crippen LogP contribution >= 0.6 is 11.3 Å². The quantitative estimate of drug-likeness (QED) is 0.829. The van der Waals surface area contributed by atoms with Crippen LogP contribution in [0.5, 0.6) is 5.88 Å². The molecule has 5 rings (SSSR count). The predicted molar refractivity (Wildman–Crippen MR) is 88.2 cm³/mol. The third-order valence-corrected chi connectivity index (χ3v) is 6.77. The second-order valence-electron chi connectivity index (χ2n) is 7.96. The molecule has 1 heterocycles. The summed E-state index contributed by atoms with van der Waals surface area (Å²) in [6, 6.07) is -0.0443. The number of nitrogens with zero attached hydrogens (tertiary/aromatic N) is 1. The molecular weight excluding hydrogens is 369 g/mol. The maximum atomic E-state index is 12.7. The number of aliphatic hydroxyl groups is 1. The van der Waals surface area contributed by atoms with Crippen LogP contribution < -0.4 is 10.1 Å². The van der Waals surface area contributed by atoms with E-state index in [1.807, 2.05) is 0 Å². The summed E-state index contributed by atoms with van der Waals surface area (Å²) in [6.07, 6.45) is -0.285. The highest BCUT2D eigenvalue weighted by Gasteiger charge is 2.55. The molecule has 4 aliphatic rings. The fourth-order valence-electron chi connectivity index (χ4n) is 5.23. The van der Waals surface area contributed by atoms with Gasteiger partial charge < -0.3 is 15.2 Å². The average molecular weight is 390 g/mol. The fraction of sp³-hybridized carbons (Fsp3) is 0.765. The number of ether oxygens (including phenoxy) is 1. The molecule has 4 fully saturated rings. The van der Waals surface area contributed by atoms with Crippen LogP contribution in [0, 0.1) is 24.7 Å². The van der Waals surface area contributed by atoms with Crippen molar-refractivity contribution < 1.29 is 27.8 Å². The maximum Gasteiger partial charge on any atom is 0.422 e. The molecule has 2 unspecified atom stereocenters. The number of aromatic nitrogens is 1. The molecule has 4 bridgehead atoms. The Kier molecular flexibility index (Phi) is 4.22. The molecule has 0 aromatic carbocycles. The molecule has 144 valence electrons. The average Bonchev–Trinajstić information content (AvgIpc) is 2.87. The third-order valence-electron chi connectivity index (χ3n) is 5.82. The Hall–Kier alpha value is -1.35. The van der Waals surface area contributed by atoms with Crippen molar-refractivity contribution >= 4 is 17.2 Å². The molecule has 5 nitrogen and oxygen atoms in total. The van der Waals surface area contributed by atoms with E-state index in [2.05, 4.69) is 10.3 Å². The van der Waals surface area contributed by atoms with Gasteiger partial charge in [-0.1, -0.05) is 0 Å². The van der Waals surface area contributed by atoms with Crippen LogP contribution in [-0.4, -0.2) is 40.4 Å². The van der Waals surface area contributed by atoms with Gasteiger partial charge >= 0.3 is 6.18 Å². The summed E-state index contributed by atoms with van der Waals surface area (Å²) >= 11 is 1.03. The standard InChI is InChI=1S/C17H21F3N2O3S/c1-8-21-15(25-7-17(18,19)20)13(26-8)14(23)22-12-10-2-9-3-11(12)6-16(24,4-9)5-10/h9-12,24H,2-7H2,1H3,(H,22,23). The molecule has 0 saturated heterocycles. The second-order valence-corrected chi connectivity index (χ2v) is 9.17. The van der Waals surface area contributed by atoms with Gasteiger partial charge in [0.2, 0.25) is 5.88 Å². The summed E-state index contributed by atoms with van der Waals surface area (Å²) in [6.45, 7) is 0.153. The molecule has 1 aromatic rings. The van der Waals surface area contributed by atoms with Crippen LogP contribution in [-0.2, 0) is 0 Å². The van der Waals surface area contributed by atoms with Gasteiger partial charge in [0.25, 0.3) is 5.91 Å². The van der Waals surface area contributed by atoms with E-state index in [1.54, 1.807) is 6.92 Å². The number of rotatable bonds is 4. The topological polar surface area (TPSA) is 71.5 Å². The number of amides is 1. The van der Waals surface area contributed by atoms with Gasteiger partial charge in [0.05, 0.1) is 10.6 Å². The molecule has 1 amide bonds.